The van der Waals surface area contributed by atoms with Gasteiger partial charge in [-0.15, -0.1) is 0 Å². The molecular formula is C31H21ClN4O3. The topological polar surface area (TPSA) is 91.7 Å². The van der Waals surface area contributed by atoms with Gasteiger partial charge >= 0.3 is 0 Å². The van der Waals surface area contributed by atoms with Crippen molar-refractivity contribution in [2.24, 2.45) is 16.9 Å². The molecule has 1 fully saturated rings. The molecule has 2 heterocycles. The van der Waals surface area contributed by atoms with E-state index >= 15 is 0 Å². The van der Waals surface area contributed by atoms with Crippen molar-refractivity contribution >= 4 is 41.2 Å². The first-order valence-electron chi connectivity index (χ1n) is 12.6. The van der Waals surface area contributed by atoms with Crippen LogP contribution in [0.25, 0.3) is 0 Å². The second-order valence-corrected chi connectivity index (χ2v) is 10.3. The Hall–Kier alpha value is -4.62. The Morgan fingerprint density at radius 2 is 1.56 bits per heavy atom. The van der Waals surface area contributed by atoms with E-state index in [9.17, 15) is 14.4 Å². The van der Waals surface area contributed by atoms with Crippen molar-refractivity contribution in [3.63, 3.8) is 0 Å². The summed E-state index contributed by atoms with van der Waals surface area (Å²) >= 11 is 6.49. The van der Waals surface area contributed by atoms with Gasteiger partial charge in [-0.2, -0.15) is 5.10 Å². The van der Waals surface area contributed by atoms with Crippen molar-refractivity contribution in [1.29, 1.82) is 0 Å². The first kappa shape index (κ1) is 23.5. The fourth-order valence-electron chi connectivity index (χ4n) is 6.67. The maximum Gasteiger partial charge on any atom is 0.272 e. The fraction of sp³-hybridized carbons (Fsp3) is 0.129. The van der Waals surface area contributed by atoms with E-state index in [1.165, 1.54) is 11.1 Å². The van der Waals surface area contributed by atoms with Crippen LogP contribution in [0.15, 0.2) is 102 Å². The first-order valence-corrected chi connectivity index (χ1v) is 13.0. The van der Waals surface area contributed by atoms with E-state index in [1.807, 2.05) is 48.5 Å². The van der Waals surface area contributed by atoms with E-state index in [2.05, 4.69) is 15.5 Å². The molecule has 0 radical (unpaired) electrons. The number of pyridine rings is 1. The molecule has 8 heteroatoms. The Morgan fingerprint density at radius 3 is 2.23 bits per heavy atom. The molecule has 4 aliphatic rings. The van der Waals surface area contributed by atoms with Gasteiger partial charge in [0.1, 0.15) is 0 Å². The molecule has 1 aromatic heterocycles. The Bertz CT molecular complexity index is 1660. The average molecular weight is 533 g/mol. The smallest absolute Gasteiger partial charge is 0.272 e. The molecule has 2 bridgehead atoms. The zero-order chi connectivity index (χ0) is 26.7. The molecule has 1 aliphatic heterocycles. The first-order chi connectivity index (χ1) is 19.0. The second-order valence-electron chi connectivity index (χ2n) is 9.93. The predicted octanol–water partition coefficient (Wildman–Crippen LogP) is 4.70. The summed E-state index contributed by atoms with van der Waals surface area (Å²) in [5, 5.41) is 4.74. The zero-order valence-electron chi connectivity index (χ0n) is 20.5. The zero-order valence-corrected chi connectivity index (χ0v) is 21.2. The van der Waals surface area contributed by atoms with Crippen LogP contribution >= 0.6 is 11.6 Å². The van der Waals surface area contributed by atoms with E-state index < -0.39 is 23.2 Å². The number of nitrogens with zero attached hydrogens (tertiary/aromatic N) is 3. The van der Waals surface area contributed by atoms with Gasteiger partial charge in [-0.25, -0.2) is 10.3 Å². The lowest BCUT2D eigenvalue weighted by Gasteiger charge is -2.52. The minimum absolute atomic E-state index is 0.288. The third-order valence-electron chi connectivity index (χ3n) is 8.14. The van der Waals surface area contributed by atoms with Crippen LogP contribution in [0.3, 0.4) is 0 Å². The van der Waals surface area contributed by atoms with Gasteiger partial charge in [-0.05, 0) is 46.5 Å². The molecule has 2 atom stereocenters. The SMILES string of the molecule is O=C(N/N=C\C12c3ccccc3C(c3ccccc31)[C@H]1C(=O)N(c3ccccc3Cl)C(=O)[C@H]12)c1cccnc1. The van der Waals surface area contributed by atoms with Crippen LogP contribution in [0.1, 0.15) is 38.5 Å². The fourth-order valence-corrected chi connectivity index (χ4v) is 6.89. The van der Waals surface area contributed by atoms with E-state index in [0.29, 0.717) is 16.3 Å². The normalized spacial score (nSPS) is 24.4. The molecule has 0 saturated carbocycles. The van der Waals surface area contributed by atoms with Crippen molar-refractivity contribution in [3.05, 3.63) is 130 Å². The molecule has 39 heavy (non-hydrogen) atoms. The number of para-hydroxylation sites is 1. The highest BCUT2D eigenvalue weighted by Crippen LogP contribution is 2.63. The maximum atomic E-state index is 14.3. The number of hydrogen-bond donors (Lipinski definition) is 1. The molecule has 190 valence electrons. The standard InChI is InChI=1S/C31H21ClN4O3/c32-23-13-5-6-14-24(23)36-29(38)26-25-19-9-1-3-11-21(19)31(27(26)30(36)39,22-12-4-2-10-20(22)25)17-34-35-28(37)18-8-7-15-33-16-18/h1-17,25-27H,(H,35,37)/b34-17-/t25?,26-,27+,31?/m1/s1. The molecular weight excluding hydrogens is 512 g/mol. The van der Waals surface area contributed by atoms with Crippen LogP contribution in [-0.4, -0.2) is 28.9 Å². The minimum Gasteiger partial charge on any atom is -0.274 e. The van der Waals surface area contributed by atoms with Crippen LogP contribution < -0.4 is 10.3 Å². The summed E-state index contributed by atoms with van der Waals surface area (Å²) in [6, 6.07) is 25.9. The molecule has 0 spiro atoms. The van der Waals surface area contributed by atoms with Gasteiger partial charge in [0.15, 0.2) is 0 Å². The van der Waals surface area contributed by atoms with Crippen LogP contribution in [0.4, 0.5) is 5.69 Å². The van der Waals surface area contributed by atoms with Crippen molar-refractivity contribution in [3.8, 4) is 0 Å². The van der Waals surface area contributed by atoms with Crippen LogP contribution in [0, 0.1) is 11.8 Å². The van der Waals surface area contributed by atoms with Crippen molar-refractivity contribution in [1.82, 2.24) is 10.4 Å². The number of nitrogens with one attached hydrogen (secondary N) is 1. The van der Waals surface area contributed by atoms with E-state index in [-0.39, 0.29) is 17.7 Å². The summed E-state index contributed by atoms with van der Waals surface area (Å²) in [6.45, 7) is 0. The maximum absolute atomic E-state index is 14.3. The number of benzene rings is 3. The Kier molecular flexibility index (Phi) is 5.25. The lowest BCUT2D eigenvalue weighted by atomic mass is 9.47. The molecule has 1 N–H and O–H groups in total. The van der Waals surface area contributed by atoms with Gasteiger partial charge in [0.05, 0.1) is 33.5 Å². The van der Waals surface area contributed by atoms with Gasteiger partial charge in [0, 0.05) is 24.5 Å². The van der Waals surface area contributed by atoms with Crippen LogP contribution in [-0.2, 0) is 15.0 Å². The third-order valence-corrected chi connectivity index (χ3v) is 8.45. The average Bonchev–Trinajstić information content (AvgIpc) is 3.24. The molecule has 7 nitrogen and oxygen atoms in total. The number of rotatable bonds is 4. The number of amides is 3. The number of aromatic nitrogens is 1. The molecule has 4 aromatic rings. The molecule has 0 unspecified atom stereocenters. The van der Waals surface area contributed by atoms with Crippen LogP contribution in [0.2, 0.25) is 5.02 Å². The Morgan fingerprint density at radius 1 is 0.897 bits per heavy atom. The second kappa shape index (κ2) is 8.71. The van der Waals surface area contributed by atoms with Gasteiger partial charge in [-0.3, -0.25) is 19.4 Å². The molecule has 8 rings (SSSR count). The number of imide groups is 1. The van der Waals surface area contributed by atoms with Gasteiger partial charge in [-0.1, -0.05) is 72.3 Å². The quantitative estimate of drug-likeness (QED) is 0.234. The van der Waals surface area contributed by atoms with E-state index in [1.54, 1.807) is 48.8 Å². The minimum atomic E-state index is -1.09. The summed E-state index contributed by atoms with van der Waals surface area (Å²) in [4.78, 5) is 46.5. The number of carbonyl (C=O) groups is 3. The monoisotopic (exact) mass is 532 g/mol. The summed E-state index contributed by atoms with van der Waals surface area (Å²) in [5.41, 5.74) is 5.99. The number of anilines is 1. The predicted molar refractivity (Wildman–Crippen MR) is 147 cm³/mol. The third kappa shape index (κ3) is 3.20. The number of hydrazone groups is 1. The summed E-state index contributed by atoms with van der Waals surface area (Å²) < 4.78 is 0. The van der Waals surface area contributed by atoms with Gasteiger partial charge in [0.25, 0.3) is 5.91 Å². The summed E-state index contributed by atoms with van der Waals surface area (Å²) in [5.74, 6) is -2.77. The highest BCUT2D eigenvalue weighted by molar-refractivity contribution is 6.36. The number of halogens is 1. The Balaban J connectivity index is 1.43. The van der Waals surface area contributed by atoms with Gasteiger partial charge in [0.2, 0.25) is 11.8 Å². The van der Waals surface area contributed by atoms with Crippen molar-refractivity contribution < 1.29 is 14.4 Å². The lowest BCUT2D eigenvalue weighted by molar-refractivity contribution is -0.122. The molecule has 1 saturated heterocycles. The Labute approximate surface area is 229 Å². The van der Waals surface area contributed by atoms with Gasteiger partial charge < -0.3 is 0 Å². The summed E-state index contributed by atoms with van der Waals surface area (Å²) in [7, 11) is 0. The van der Waals surface area contributed by atoms with Crippen molar-refractivity contribution in [2.45, 2.75) is 11.3 Å². The summed E-state index contributed by atoms with van der Waals surface area (Å²) in [6.07, 6.45) is 4.67. The van der Waals surface area contributed by atoms with E-state index in [0.717, 1.165) is 22.3 Å². The molecule has 3 aliphatic carbocycles. The lowest BCUT2D eigenvalue weighted by Crippen LogP contribution is -2.54. The number of hydrogen-bond acceptors (Lipinski definition) is 5. The van der Waals surface area contributed by atoms with Crippen LogP contribution in [0.5, 0.6) is 0 Å². The van der Waals surface area contributed by atoms with Crippen molar-refractivity contribution in [2.75, 3.05) is 4.90 Å². The largest absolute Gasteiger partial charge is 0.274 e. The molecule has 3 aromatic carbocycles. The number of carbonyl (C=O) groups excluding carboxylic acids is 3. The highest BCUT2D eigenvalue weighted by Gasteiger charge is 2.68. The molecule has 3 amide bonds. The highest BCUT2D eigenvalue weighted by atomic mass is 35.5. The van der Waals surface area contributed by atoms with E-state index in [4.69, 9.17) is 11.6 Å².